The number of hydrogen-bond acceptors (Lipinski definition) is 3. The third kappa shape index (κ3) is 3.53. The lowest BCUT2D eigenvalue weighted by molar-refractivity contribution is 0.0733. The van der Waals surface area contributed by atoms with E-state index in [0.29, 0.717) is 31.0 Å². The van der Waals surface area contributed by atoms with Crippen LogP contribution in [0.5, 0.6) is 11.5 Å². The molecule has 0 spiro atoms. The van der Waals surface area contributed by atoms with Crippen LogP contribution in [0.15, 0.2) is 60.9 Å². The van der Waals surface area contributed by atoms with Gasteiger partial charge in [-0.15, -0.1) is 0 Å². The first-order valence-corrected chi connectivity index (χ1v) is 9.05. The van der Waals surface area contributed by atoms with Gasteiger partial charge in [-0.3, -0.25) is 4.79 Å². The third-order valence-corrected chi connectivity index (χ3v) is 4.95. The zero-order valence-electron chi connectivity index (χ0n) is 15.3. The van der Waals surface area contributed by atoms with E-state index < -0.39 is 0 Å². The lowest BCUT2D eigenvalue weighted by Crippen LogP contribution is -2.32. The van der Waals surface area contributed by atoms with Crippen LogP contribution in [-0.4, -0.2) is 33.6 Å². The molecular weight excluding hydrogens is 340 g/mol. The summed E-state index contributed by atoms with van der Waals surface area (Å²) in [4.78, 5) is 14.8. The molecule has 2 heterocycles. The highest BCUT2D eigenvalue weighted by Gasteiger charge is 2.22. The quantitative estimate of drug-likeness (QED) is 0.775. The van der Waals surface area contributed by atoms with Crippen molar-refractivity contribution in [2.24, 2.45) is 0 Å². The van der Waals surface area contributed by atoms with Gasteiger partial charge in [-0.25, -0.2) is 0 Å². The molecule has 1 aliphatic rings. The standard InChI is InChI=1S/C22H22N2O3/c1-16-20(25)9-8-19-15-24(12-13-27-21(16)19)22(26)18-6-4-17(5-7-18)14-23-10-2-3-11-23/h2-11,25H,12-15H2,1H3. The number of rotatable bonds is 3. The fraction of sp³-hybridized carbons (Fsp3) is 0.227. The van der Waals surface area contributed by atoms with Gasteiger partial charge in [0.05, 0.1) is 6.54 Å². The van der Waals surface area contributed by atoms with Crippen LogP contribution in [0.4, 0.5) is 0 Å². The van der Waals surface area contributed by atoms with Crippen molar-refractivity contribution in [3.05, 3.63) is 83.2 Å². The molecule has 1 aliphatic heterocycles. The number of nitrogens with zero attached hydrogens (tertiary/aromatic N) is 2. The van der Waals surface area contributed by atoms with Crippen LogP contribution in [0.1, 0.15) is 27.0 Å². The van der Waals surface area contributed by atoms with E-state index in [1.807, 2.05) is 61.8 Å². The molecule has 3 aromatic rings. The maximum Gasteiger partial charge on any atom is 0.254 e. The number of amides is 1. The van der Waals surface area contributed by atoms with Crippen molar-refractivity contribution >= 4 is 5.91 Å². The number of fused-ring (bicyclic) bond motifs is 1. The summed E-state index contributed by atoms with van der Waals surface area (Å²) in [6, 6.07) is 15.2. The second-order valence-electron chi connectivity index (χ2n) is 6.83. The molecule has 5 heteroatoms. The van der Waals surface area contributed by atoms with Crippen molar-refractivity contribution in [2.75, 3.05) is 13.2 Å². The van der Waals surface area contributed by atoms with Crippen molar-refractivity contribution in [1.82, 2.24) is 9.47 Å². The largest absolute Gasteiger partial charge is 0.508 e. The molecule has 0 saturated heterocycles. The lowest BCUT2D eigenvalue weighted by atomic mass is 10.1. The van der Waals surface area contributed by atoms with Gasteiger partial charge in [0.1, 0.15) is 18.1 Å². The number of ether oxygens (including phenoxy) is 1. The molecule has 1 aromatic heterocycles. The van der Waals surface area contributed by atoms with Gasteiger partial charge in [-0.1, -0.05) is 12.1 Å². The van der Waals surface area contributed by atoms with Gasteiger partial charge in [-0.05, 0) is 48.9 Å². The van der Waals surface area contributed by atoms with Crippen LogP contribution in [0.3, 0.4) is 0 Å². The zero-order valence-corrected chi connectivity index (χ0v) is 15.3. The summed E-state index contributed by atoms with van der Waals surface area (Å²) in [6.07, 6.45) is 4.04. The molecule has 0 atom stereocenters. The first-order chi connectivity index (χ1) is 13.1. The summed E-state index contributed by atoms with van der Waals surface area (Å²) in [5, 5.41) is 9.88. The Morgan fingerprint density at radius 2 is 1.85 bits per heavy atom. The third-order valence-electron chi connectivity index (χ3n) is 4.95. The summed E-state index contributed by atoms with van der Waals surface area (Å²) >= 11 is 0. The highest BCUT2D eigenvalue weighted by atomic mass is 16.5. The second-order valence-corrected chi connectivity index (χ2v) is 6.83. The molecule has 0 bridgehead atoms. The second kappa shape index (κ2) is 7.19. The first-order valence-electron chi connectivity index (χ1n) is 9.05. The summed E-state index contributed by atoms with van der Waals surface area (Å²) in [7, 11) is 0. The minimum absolute atomic E-state index is 0.00954. The van der Waals surface area contributed by atoms with E-state index in [2.05, 4.69) is 4.57 Å². The Kier molecular flexibility index (Phi) is 4.59. The number of hydrogen-bond donors (Lipinski definition) is 1. The normalized spacial score (nSPS) is 13.6. The number of phenolic OH excluding ortho intramolecular Hbond substituents is 1. The first kappa shape index (κ1) is 17.2. The molecular formula is C22H22N2O3. The summed E-state index contributed by atoms with van der Waals surface area (Å²) in [6.45, 7) is 4.01. The molecule has 1 N–H and O–H groups in total. The Labute approximate surface area is 158 Å². The van der Waals surface area contributed by atoms with Gasteiger partial charge in [0.15, 0.2) is 0 Å². The Bertz CT molecular complexity index is 946. The van der Waals surface area contributed by atoms with Crippen molar-refractivity contribution in [3.8, 4) is 11.5 Å². The van der Waals surface area contributed by atoms with Crippen molar-refractivity contribution < 1.29 is 14.6 Å². The van der Waals surface area contributed by atoms with Gasteiger partial charge in [0.2, 0.25) is 0 Å². The minimum Gasteiger partial charge on any atom is -0.508 e. The van der Waals surface area contributed by atoms with Crippen LogP contribution in [0.25, 0.3) is 0 Å². The number of carbonyl (C=O) groups is 1. The molecule has 5 nitrogen and oxygen atoms in total. The average molecular weight is 362 g/mol. The Morgan fingerprint density at radius 3 is 2.59 bits per heavy atom. The smallest absolute Gasteiger partial charge is 0.254 e. The summed E-state index contributed by atoms with van der Waals surface area (Å²) < 4.78 is 7.89. The Morgan fingerprint density at radius 1 is 1.11 bits per heavy atom. The molecule has 2 aromatic carbocycles. The van der Waals surface area contributed by atoms with Crippen LogP contribution < -0.4 is 4.74 Å². The molecule has 0 aliphatic carbocycles. The van der Waals surface area contributed by atoms with Gasteiger partial charge in [0, 0.05) is 42.2 Å². The van der Waals surface area contributed by atoms with Gasteiger partial charge >= 0.3 is 0 Å². The van der Waals surface area contributed by atoms with E-state index in [1.165, 1.54) is 0 Å². The fourth-order valence-electron chi connectivity index (χ4n) is 3.40. The topological polar surface area (TPSA) is 54.7 Å². The molecule has 0 saturated carbocycles. The zero-order chi connectivity index (χ0) is 18.8. The van der Waals surface area contributed by atoms with E-state index in [9.17, 15) is 9.90 Å². The van der Waals surface area contributed by atoms with Crippen LogP contribution in [0, 0.1) is 6.92 Å². The van der Waals surface area contributed by atoms with E-state index in [1.54, 1.807) is 11.0 Å². The van der Waals surface area contributed by atoms with Gasteiger partial charge in [0.25, 0.3) is 5.91 Å². The van der Waals surface area contributed by atoms with E-state index in [4.69, 9.17) is 4.74 Å². The van der Waals surface area contributed by atoms with Crippen LogP contribution in [-0.2, 0) is 13.1 Å². The molecule has 0 fully saturated rings. The molecule has 138 valence electrons. The van der Waals surface area contributed by atoms with Crippen molar-refractivity contribution in [3.63, 3.8) is 0 Å². The SMILES string of the molecule is Cc1c(O)ccc2c1OCCN(C(=O)c1ccc(Cn3cccc3)cc1)C2. The van der Waals surface area contributed by atoms with Gasteiger partial charge < -0.3 is 19.3 Å². The minimum atomic E-state index is -0.00954. The summed E-state index contributed by atoms with van der Waals surface area (Å²) in [5.41, 5.74) is 3.46. The summed E-state index contributed by atoms with van der Waals surface area (Å²) in [5.74, 6) is 0.892. The molecule has 0 radical (unpaired) electrons. The van der Waals surface area contributed by atoms with Crippen LogP contribution in [0.2, 0.25) is 0 Å². The molecule has 27 heavy (non-hydrogen) atoms. The molecule has 1 amide bonds. The Balaban J connectivity index is 1.51. The molecule has 4 rings (SSSR count). The van der Waals surface area contributed by atoms with E-state index >= 15 is 0 Å². The lowest BCUT2D eigenvalue weighted by Gasteiger charge is -2.20. The number of aromatic nitrogens is 1. The molecule has 0 unspecified atom stereocenters. The Hall–Kier alpha value is -3.21. The maximum atomic E-state index is 13.0. The monoisotopic (exact) mass is 362 g/mol. The predicted molar refractivity (Wildman–Crippen MR) is 103 cm³/mol. The van der Waals surface area contributed by atoms with E-state index in [0.717, 1.165) is 23.2 Å². The average Bonchev–Trinajstić information content (AvgIpc) is 3.09. The number of carbonyl (C=O) groups excluding carboxylic acids is 1. The fourth-order valence-corrected chi connectivity index (χ4v) is 3.40. The highest BCUT2D eigenvalue weighted by molar-refractivity contribution is 5.94. The number of benzene rings is 2. The van der Waals surface area contributed by atoms with E-state index in [-0.39, 0.29) is 11.7 Å². The van der Waals surface area contributed by atoms with Crippen molar-refractivity contribution in [1.29, 1.82) is 0 Å². The number of aromatic hydroxyl groups is 1. The van der Waals surface area contributed by atoms with Gasteiger partial charge in [-0.2, -0.15) is 0 Å². The predicted octanol–water partition coefficient (Wildman–Crippen LogP) is 3.59. The maximum absolute atomic E-state index is 13.0. The highest BCUT2D eigenvalue weighted by Crippen LogP contribution is 2.33. The van der Waals surface area contributed by atoms with Crippen molar-refractivity contribution in [2.45, 2.75) is 20.0 Å². The number of phenols is 1. The van der Waals surface area contributed by atoms with Crippen LogP contribution >= 0.6 is 0 Å².